The van der Waals surface area contributed by atoms with Gasteiger partial charge in [0.1, 0.15) is 11.8 Å². The van der Waals surface area contributed by atoms with Crippen molar-refractivity contribution in [3.8, 4) is 11.9 Å². The van der Waals surface area contributed by atoms with E-state index in [0.717, 1.165) is 0 Å². The molecule has 80 valence electrons. The van der Waals surface area contributed by atoms with Crippen molar-refractivity contribution in [1.82, 2.24) is 4.98 Å². The van der Waals surface area contributed by atoms with Crippen LogP contribution in [-0.4, -0.2) is 11.3 Å². The highest BCUT2D eigenvalue weighted by Crippen LogP contribution is 2.24. The molecule has 4 nitrogen and oxygen atoms in total. The Bertz CT molecular complexity index is 423. The maximum Gasteiger partial charge on any atom is 0.574 e. The molecule has 0 amide bonds. The molecule has 2 N–H and O–H groups in total. The van der Waals surface area contributed by atoms with Gasteiger partial charge in [0.25, 0.3) is 0 Å². The summed E-state index contributed by atoms with van der Waals surface area (Å²) in [4.78, 5) is 2.78. The topological polar surface area (TPSA) is 71.9 Å². The fourth-order valence-electron chi connectivity index (χ4n) is 0.765. The van der Waals surface area contributed by atoms with Gasteiger partial charge in [-0.15, -0.1) is 13.2 Å². The highest BCUT2D eigenvalue weighted by atomic mass is 19.4. The van der Waals surface area contributed by atoms with E-state index in [1.165, 1.54) is 6.07 Å². The number of nitriles is 1. The fraction of sp³-hybridized carbons (Fsp3) is 0.143. The second-order valence-electron chi connectivity index (χ2n) is 2.37. The molecule has 0 saturated heterocycles. The molecule has 0 bridgehead atoms. The Labute approximate surface area is 80.9 Å². The van der Waals surface area contributed by atoms with Gasteiger partial charge in [0.2, 0.25) is 11.8 Å². The van der Waals surface area contributed by atoms with Gasteiger partial charge in [0, 0.05) is 6.07 Å². The molecule has 0 aliphatic rings. The monoisotopic (exact) mass is 221 g/mol. The van der Waals surface area contributed by atoms with E-state index in [0.29, 0.717) is 6.07 Å². The van der Waals surface area contributed by atoms with Gasteiger partial charge >= 0.3 is 6.36 Å². The second-order valence-corrected chi connectivity index (χ2v) is 2.37. The van der Waals surface area contributed by atoms with E-state index >= 15 is 0 Å². The van der Waals surface area contributed by atoms with E-state index < -0.39 is 29.4 Å². The molecule has 1 rings (SSSR count). The number of nitrogen functional groups attached to an aromatic ring is 1. The summed E-state index contributed by atoms with van der Waals surface area (Å²) in [5.41, 5.74) is 3.94. The average Bonchev–Trinajstić information content (AvgIpc) is 2.08. The standard InChI is InChI=1S/C7H3F4N3O/c8-6-5(13)3(2-12)1-4(14-6)15-7(9,10)11/h1H,13H2. The van der Waals surface area contributed by atoms with Crippen LogP contribution in [0.25, 0.3) is 0 Å². The Kier molecular flexibility index (Phi) is 2.65. The van der Waals surface area contributed by atoms with Gasteiger partial charge in [0.15, 0.2) is 0 Å². The number of nitrogens with two attached hydrogens (primary N) is 1. The van der Waals surface area contributed by atoms with Crippen LogP contribution in [0.3, 0.4) is 0 Å². The maximum absolute atomic E-state index is 12.8. The summed E-state index contributed by atoms with van der Waals surface area (Å²) < 4.78 is 51.2. The number of nitrogens with zero attached hydrogens (tertiary/aromatic N) is 2. The predicted molar refractivity (Wildman–Crippen MR) is 40.0 cm³/mol. The summed E-state index contributed by atoms with van der Waals surface area (Å²) in [6.45, 7) is 0. The summed E-state index contributed by atoms with van der Waals surface area (Å²) >= 11 is 0. The van der Waals surface area contributed by atoms with Crippen LogP contribution in [-0.2, 0) is 0 Å². The number of pyridine rings is 1. The minimum absolute atomic E-state index is 0.471. The summed E-state index contributed by atoms with van der Waals surface area (Å²) in [5.74, 6) is -2.45. The van der Waals surface area contributed by atoms with E-state index in [9.17, 15) is 17.6 Å². The normalized spacial score (nSPS) is 10.9. The van der Waals surface area contributed by atoms with E-state index in [1.807, 2.05) is 0 Å². The van der Waals surface area contributed by atoms with Crippen LogP contribution in [0.15, 0.2) is 6.07 Å². The third-order valence-electron chi connectivity index (χ3n) is 1.33. The molecule has 1 heterocycles. The number of rotatable bonds is 1. The first-order valence-corrected chi connectivity index (χ1v) is 3.45. The minimum atomic E-state index is -5.00. The first-order chi connectivity index (χ1) is 6.83. The van der Waals surface area contributed by atoms with Gasteiger partial charge in [-0.05, 0) is 0 Å². The van der Waals surface area contributed by atoms with Crippen LogP contribution in [0.2, 0.25) is 0 Å². The van der Waals surface area contributed by atoms with Crippen LogP contribution in [0.4, 0.5) is 23.2 Å². The van der Waals surface area contributed by atoms with Crippen LogP contribution >= 0.6 is 0 Å². The SMILES string of the molecule is N#Cc1cc(OC(F)(F)F)nc(F)c1N. The Morgan fingerprint density at radius 3 is 2.53 bits per heavy atom. The summed E-state index contributed by atoms with van der Waals surface area (Å²) in [6.07, 6.45) is -5.00. The molecule has 0 spiro atoms. The molecule has 0 saturated carbocycles. The Morgan fingerprint density at radius 2 is 2.07 bits per heavy atom. The van der Waals surface area contributed by atoms with Gasteiger partial charge in [-0.1, -0.05) is 0 Å². The van der Waals surface area contributed by atoms with Crippen molar-refractivity contribution in [3.05, 3.63) is 17.6 Å². The second kappa shape index (κ2) is 3.61. The van der Waals surface area contributed by atoms with Gasteiger partial charge < -0.3 is 10.5 Å². The zero-order chi connectivity index (χ0) is 11.6. The third kappa shape index (κ3) is 2.70. The van der Waals surface area contributed by atoms with Crippen molar-refractivity contribution in [2.75, 3.05) is 5.73 Å². The van der Waals surface area contributed by atoms with E-state index in [-0.39, 0.29) is 0 Å². The van der Waals surface area contributed by atoms with Crippen LogP contribution in [0.5, 0.6) is 5.88 Å². The average molecular weight is 221 g/mol. The number of hydrogen-bond acceptors (Lipinski definition) is 4. The lowest BCUT2D eigenvalue weighted by Gasteiger charge is -2.08. The van der Waals surface area contributed by atoms with E-state index in [4.69, 9.17) is 11.0 Å². The van der Waals surface area contributed by atoms with Crippen LogP contribution < -0.4 is 10.5 Å². The maximum atomic E-state index is 12.8. The van der Waals surface area contributed by atoms with Crippen molar-refractivity contribution in [1.29, 1.82) is 5.26 Å². The number of anilines is 1. The number of halogens is 4. The van der Waals surface area contributed by atoms with Gasteiger partial charge in [-0.3, -0.25) is 0 Å². The largest absolute Gasteiger partial charge is 0.574 e. The smallest absolute Gasteiger partial charge is 0.394 e. The molecule has 0 unspecified atom stereocenters. The fourth-order valence-corrected chi connectivity index (χ4v) is 0.765. The molecule has 0 aliphatic heterocycles. The Morgan fingerprint density at radius 1 is 1.47 bits per heavy atom. The van der Waals surface area contributed by atoms with Gasteiger partial charge in [-0.25, -0.2) is 0 Å². The van der Waals surface area contributed by atoms with Crippen molar-refractivity contribution in [2.45, 2.75) is 6.36 Å². The molecule has 0 atom stereocenters. The van der Waals surface area contributed by atoms with Gasteiger partial charge in [-0.2, -0.15) is 14.6 Å². The number of ether oxygens (including phenoxy) is 1. The van der Waals surface area contributed by atoms with E-state index in [1.54, 1.807) is 0 Å². The number of aromatic nitrogens is 1. The third-order valence-corrected chi connectivity index (χ3v) is 1.33. The van der Waals surface area contributed by atoms with Crippen molar-refractivity contribution < 1.29 is 22.3 Å². The molecule has 15 heavy (non-hydrogen) atoms. The lowest BCUT2D eigenvalue weighted by molar-refractivity contribution is -0.276. The Hall–Kier alpha value is -2.04. The molecule has 0 fully saturated rings. The Balaban J connectivity index is 3.13. The zero-order valence-electron chi connectivity index (χ0n) is 6.97. The molecule has 1 aromatic rings. The lowest BCUT2D eigenvalue weighted by Crippen LogP contribution is -2.18. The quantitative estimate of drug-likeness (QED) is 0.577. The van der Waals surface area contributed by atoms with Gasteiger partial charge in [0.05, 0.1) is 5.56 Å². The summed E-state index contributed by atoms with van der Waals surface area (Å²) in [5, 5.41) is 8.40. The predicted octanol–water partition coefficient (Wildman–Crippen LogP) is 1.57. The molecule has 1 aromatic heterocycles. The summed E-state index contributed by atoms with van der Waals surface area (Å²) in [7, 11) is 0. The first-order valence-electron chi connectivity index (χ1n) is 3.45. The molecule has 0 aliphatic carbocycles. The molecular weight excluding hydrogens is 218 g/mol. The first kappa shape index (κ1) is 11.0. The minimum Gasteiger partial charge on any atom is -0.394 e. The molecule has 0 radical (unpaired) electrons. The molecular formula is C7H3F4N3O. The summed E-state index contributed by atoms with van der Waals surface area (Å²) in [6, 6.07) is 2.01. The zero-order valence-corrected chi connectivity index (χ0v) is 6.97. The molecule has 0 aromatic carbocycles. The van der Waals surface area contributed by atoms with Crippen molar-refractivity contribution in [3.63, 3.8) is 0 Å². The van der Waals surface area contributed by atoms with E-state index in [2.05, 4.69) is 9.72 Å². The van der Waals surface area contributed by atoms with Crippen molar-refractivity contribution >= 4 is 5.69 Å². The van der Waals surface area contributed by atoms with Crippen LogP contribution in [0.1, 0.15) is 5.56 Å². The molecule has 8 heteroatoms. The number of hydrogen-bond donors (Lipinski definition) is 1. The number of alkyl halides is 3. The van der Waals surface area contributed by atoms with Crippen molar-refractivity contribution in [2.24, 2.45) is 0 Å². The highest BCUT2D eigenvalue weighted by molar-refractivity contribution is 5.54. The lowest BCUT2D eigenvalue weighted by atomic mass is 10.2. The van der Waals surface area contributed by atoms with Crippen LogP contribution in [0, 0.1) is 17.3 Å². The highest BCUT2D eigenvalue weighted by Gasteiger charge is 2.32.